The standard InChI is InChI=1S/C15H18N4O2/c1-10-4-6-11(7-5-10)14-18-13(21-19-14)9-17-15(20)12-3-2-8-16-12/h4-7,12,16H,2-3,8-9H2,1H3,(H,17,20). The third kappa shape index (κ3) is 3.28. The van der Waals surface area contributed by atoms with Crippen molar-refractivity contribution < 1.29 is 9.32 Å². The Balaban J connectivity index is 1.60. The van der Waals surface area contributed by atoms with Gasteiger partial charge in [0.1, 0.15) is 0 Å². The van der Waals surface area contributed by atoms with E-state index in [0.717, 1.165) is 24.9 Å². The Hall–Kier alpha value is -2.21. The van der Waals surface area contributed by atoms with Crippen molar-refractivity contribution in [3.63, 3.8) is 0 Å². The molecular formula is C15H18N4O2. The molecule has 2 aromatic rings. The normalized spacial score (nSPS) is 17.9. The van der Waals surface area contributed by atoms with Crippen molar-refractivity contribution in [3.8, 4) is 11.4 Å². The van der Waals surface area contributed by atoms with Crippen LogP contribution in [-0.2, 0) is 11.3 Å². The minimum atomic E-state index is -0.0931. The van der Waals surface area contributed by atoms with Crippen LogP contribution in [0.4, 0.5) is 0 Å². The van der Waals surface area contributed by atoms with E-state index in [1.807, 2.05) is 31.2 Å². The predicted molar refractivity (Wildman–Crippen MR) is 77.3 cm³/mol. The number of benzene rings is 1. The monoisotopic (exact) mass is 286 g/mol. The van der Waals surface area contributed by atoms with Gasteiger partial charge < -0.3 is 15.2 Å². The molecule has 6 heteroatoms. The van der Waals surface area contributed by atoms with Crippen molar-refractivity contribution in [1.29, 1.82) is 0 Å². The summed E-state index contributed by atoms with van der Waals surface area (Å²) in [6.45, 7) is 3.18. The number of carbonyl (C=O) groups is 1. The van der Waals surface area contributed by atoms with E-state index >= 15 is 0 Å². The fourth-order valence-corrected chi connectivity index (χ4v) is 2.34. The summed E-state index contributed by atoms with van der Waals surface area (Å²) in [6, 6.07) is 7.80. The first-order chi connectivity index (χ1) is 10.2. The number of amides is 1. The van der Waals surface area contributed by atoms with Gasteiger partial charge in [-0.15, -0.1) is 0 Å². The van der Waals surface area contributed by atoms with Gasteiger partial charge in [0.05, 0.1) is 12.6 Å². The molecule has 1 amide bonds. The summed E-state index contributed by atoms with van der Waals surface area (Å²) in [7, 11) is 0. The number of nitrogens with zero attached hydrogens (tertiary/aromatic N) is 2. The zero-order valence-corrected chi connectivity index (χ0v) is 11.9. The van der Waals surface area contributed by atoms with Crippen LogP contribution in [0.3, 0.4) is 0 Å². The van der Waals surface area contributed by atoms with Gasteiger partial charge in [0.2, 0.25) is 17.6 Å². The first-order valence-electron chi connectivity index (χ1n) is 7.13. The molecule has 1 aromatic heterocycles. The first kappa shape index (κ1) is 13.8. The molecule has 0 spiro atoms. The Labute approximate surface area is 122 Å². The number of hydrogen-bond acceptors (Lipinski definition) is 5. The lowest BCUT2D eigenvalue weighted by atomic mass is 10.1. The van der Waals surface area contributed by atoms with E-state index in [0.29, 0.717) is 11.7 Å². The van der Waals surface area contributed by atoms with E-state index in [1.54, 1.807) is 0 Å². The largest absolute Gasteiger partial charge is 0.346 e. The van der Waals surface area contributed by atoms with Gasteiger partial charge in [-0.3, -0.25) is 4.79 Å². The van der Waals surface area contributed by atoms with Crippen LogP contribution in [0.5, 0.6) is 0 Å². The summed E-state index contributed by atoms with van der Waals surface area (Å²) in [4.78, 5) is 16.2. The second-order valence-corrected chi connectivity index (χ2v) is 5.24. The number of nitrogens with one attached hydrogen (secondary N) is 2. The predicted octanol–water partition coefficient (Wildman–Crippen LogP) is 1.41. The molecule has 2 heterocycles. The molecular weight excluding hydrogens is 268 g/mol. The van der Waals surface area contributed by atoms with Gasteiger partial charge in [0.15, 0.2) is 0 Å². The lowest BCUT2D eigenvalue weighted by Gasteiger charge is -2.08. The van der Waals surface area contributed by atoms with Gasteiger partial charge in [0.25, 0.3) is 0 Å². The summed E-state index contributed by atoms with van der Waals surface area (Å²) in [5.74, 6) is 0.942. The Morgan fingerprint density at radius 2 is 2.24 bits per heavy atom. The highest BCUT2D eigenvalue weighted by atomic mass is 16.5. The van der Waals surface area contributed by atoms with Gasteiger partial charge in [-0.2, -0.15) is 4.98 Å². The Morgan fingerprint density at radius 1 is 1.43 bits per heavy atom. The SMILES string of the molecule is Cc1ccc(-c2noc(CNC(=O)C3CCCN3)n2)cc1. The maximum Gasteiger partial charge on any atom is 0.246 e. The highest BCUT2D eigenvalue weighted by Crippen LogP contribution is 2.16. The zero-order chi connectivity index (χ0) is 14.7. The van der Waals surface area contributed by atoms with Crippen LogP contribution in [0.15, 0.2) is 28.8 Å². The van der Waals surface area contributed by atoms with Crippen molar-refractivity contribution in [2.24, 2.45) is 0 Å². The zero-order valence-electron chi connectivity index (χ0n) is 11.9. The van der Waals surface area contributed by atoms with Crippen LogP contribution < -0.4 is 10.6 Å². The summed E-state index contributed by atoms with van der Waals surface area (Å²) in [5.41, 5.74) is 2.08. The van der Waals surface area contributed by atoms with Crippen LogP contribution in [-0.4, -0.2) is 28.6 Å². The molecule has 21 heavy (non-hydrogen) atoms. The molecule has 110 valence electrons. The number of aryl methyl sites for hydroxylation is 1. The quantitative estimate of drug-likeness (QED) is 0.888. The second-order valence-electron chi connectivity index (χ2n) is 5.24. The average Bonchev–Trinajstić information content (AvgIpc) is 3.17. The number of hydrogen-bond donors (Lipinski definition) is 2. The lowest BCUT2D eigenvalue weighted by Crippen LogP contribution is -2.40. The topological polar surface area (TPSA) is 80.0 Å². The Morgan fingerprint density at radius 3 is 2.95 bits per heavy atom. The van der Waals surface area contributed by atoms with Gasteiger partial charge >= 0.3 is 0 Å². The summed E-state index contributed by atoms with van der Waals surface area (Å²) in [5, 5.41) is 9.91. The summed E-state index contributed by atoms with van der Waals surface area (Å²) >= 11 is 0. The van der Waals surface area contributed by atoms with E-state index in [9.17, 15) is 4.79 Å². The number of aromatic nitrogens is 2. The van der Waals surface area contributed by atoms with E-state index in [4.69, 9.17) is 4.52 Å². The van der Waals surface area contributed by atoms with E-state index in [2.05, 4.69) is 20.8 Å². The van der Waals surface area contributed by atoms with Crippen LogP contribution in [0.1, 0.15) is 24.3 Å². The number of rotatable bonds is 4. The minimum absolute atomic E-state index is 0.0115. The van der Waals surface area contributed by atoms with Crippen LogP contribution in [0, 0.1) is 6.92 Å². The van der Waals surface area contributed by atoms with Crippen molar-refractivity contribution >= 4 is 5.91 Å². The molecule has 1 unspecified atom stereocenters. The van der Waals surface area contributed by atoms with E-state index in [-0.39, 0.29) is 18.5 Å². The van der Waals surface area contributed by atoms with Crippen LogP contribution in [0.2, 0.25) is 0 Å². The maximum atomic E-state index is 11.9. The highest BCUT2D eigenvalue weighted by Gasteiger charge is 2.22. The molecule has 0 saturated carbocycles. The van der Waals surface area contributed by atoms with Gasteiger partial charge in [-0.25, -0.2) is 0 Å². The van der Waals surface area contributed by atoms with Crippen molar-refractivity contribution in [2.45, 2.75) is 32.4 Å². The van der Waals surface area contributed by atoms with Gasteiger partial charge in [0, 0.05) is 5.56 Å². The van der Waals surface area contributed by atoms with Crippen LogP contribution in [0.25, 0.3) is 11.4 Å². The molecule has 1 aliphatic rings. The maximum absolute atomic E-state index is 11.9. The first-order valence-corrected chi connectivity index (χ1v) is 7.13. The third-order valence-corrected chi connectivity index (χ3v) is 3.57. The molecule has 1 aromatic carbocycles. The molecule has 1 fully saturated rings. The van der Waals surface area contributed by atoms with E-state index < -0.39 is 0 Å². The third-order valence-electron chi connectivity index (χ3n) is 3.57. The van der Waals surface area contributed by atoms with E-state index in [1.165, 1.54) is 5.56 Å². The molecule has 3 rings (SSSR count). The molecule has 0 radical (unpaired) electrons. The molecule has 6 nitrogen and oxygen atoms in total. The lowest BCUT2D eigenvalue weighted by molar-refractivity contribution is -0.123. The fraction of sp³-hybridized carbons (Fsp3) is 0.400. The smallest absolute Gasteiger partial charge is 0.246 e. The summed E-state index contributed by atoms with van der Waals surface area (Å²) in [6.07, 6.45) is 1.92. The van der Waals surface area contributed by atoms with Crippen molar-refractivity contribution in [3.05, 3.63) is 35.7 Å². The summed E-state index contributed by atoms with van der Waals surface area (Å²) < 4.78 is 5.17. The Bertz CT molecular complexity index is 615. The van der Waals surface area contributed by atoms with Gasteiger partial charge in [-0.1, -0.05) is 35.0 Å². The second kappa shape index (κ2) is 6.05. The fourth-order valence-electron chi connectivity index (χ4n) is 2.34. The average molecular weight is 286 g/mol. The molecule has 0 aliphatic carbocycles. The number of carbonyl (C=O) groups excluding carboxylic acids is 1. The highest BCUT2D eigenvalue weighted by molar-refractivity contribution is 5.81. The molecule has 2 N–H and O–H groups in total. The van der Waals surface area contributed by atoms with Crippen LogP contribution >= 0.6 is 0 Å². The Kier molecular flexibility index (Phi) is 3.96. The molecule has 1 aliphatic heterocycles. The van der Waals surface area contributed by atoms with Gasteiger partial charge in [-0.05, 0) is 26.3 Å². The minimum Gasteiger partial charge on any atom is -0.346 e. The van der Waals surface area contributed by atoms with Crippen molar-refractivity contribution in [2.75, 3.05) is 6.54 Å². The molecule has 0 bridgehead atoms. The van der Waals surface area contributed by atoms with Crippen molar-refractivity contribution in [1.82, 2.24) is 20.8 Å². The molecule has 1 atom stereocenters. The molecule has 1 saturated heterocycles.